The highest BCUT2D eigenvalue weighted by Gasteiger charge is 2.70. The van der Waals surface area contributed by atoms with Crippen LogP contribution in [0.4, 0.5) is 5.69 Å². The number of carboxylic acid groups (broad SMARTS) is 1. The van der Waals surface area contributed by atoms with E-state index in [4.69, 9.17) is 28.4 Å². The van der Waals surface area contributed by atoms with Gasteiger partial charge in [-0.25, -0.2) is 14.3 Å². The van der Waals surface area contributed by atoms with Crippen molar-refractivity contribution in [3.63, 3.8) is 0 Å². The van der Waals surface area contributed by atoms with Crippen LogP contribution >= 0.6 is 0 Å². The summed E-state index contributed by atoms with van der Waals surface area (Å²) >= 11 is 0. The van der Waals surface area contributed by atoms with Crippen LogP contribution in [0.15, 0.2) is 67.4 Å². The van der Waals surface area contributed by atoms with Gasteiger partial charge < -0.3 is 49.3 Å². The van der Waals surface area contributed by atoms with E-state index in [2.05, 4.69) is 42.6 Å². The number of aromatic carboxylic acids is 1. The first kappa shape index (κ1) is 56.6. The highest BCUT2D eigenvalue weighted by molar-refractivity contribution is 5.94. The average molecular weight is 1060 g/mol. The molecule has 0 amide bonds. The van der Waals surface area contributed by atoms with Crippen molar-refractivity contribution < 1.29 is 53.0 Å². The number of rotatable bonds is 30. The van der Waals surface area contributed by atoms with E-state index in [1.54, 1.807) is 22.9 Å². The number of aromatic amines is 1. The summed E-state index contributed by atoms with van der Waals surface area (Å²) < 4.78 is 37.6. The summed E-state index contributed by atoms with van der Waals surface area (Å²) in [5.41, 5.74) is 5.46. The van der Waals surface area contributed by atoms with E-state index in [0.717, 1.165) is 85.5 Å². The number of nitrogens with one attached hydrogen (secondary N) is 3. The number of Topliss-reactive ketones (excluding diaryl/α,β-unsaturated/α-hetero) is 1. The van der Waals surface area contributed by atoms with E-state index in [-0.39, 0.29) is 29.6 Å². The van der Waals surface area contributed by atoms with E-state index in [0.29, 0.717) is 107 Å². The van der Waals surface area contributed by atoms with Crippen LogP contribution in [0.5, 0.6) is 23.0 Å². The molecule has 3 aliphatic rings. The Kier molecular flexibility index (Phi) is 19.2. The van der Waals surface area contributed by atoms with Crippen LogP contribution in [0.1, 0.15) is 118 Å². The van der Waals surface area contributed by atoms with E-state index in [9.17, 15) is 24.6 Å². The molecule has 2 unspecified atom stereocenters. The van der Waals surface area contributed by atoms with Crippen molar-refractivity contribution in [1.29, 1.82) is 0 Å². The Labute approximate surface area is 451 Å². The monoisotopic (exact) mass is 1060 g/mol. The average Bonchev–Trinajstić information content (AvgIpc) is 4.34. The molecule has 2 fully saturated rings. The molecule has 77 heavy (non-hydrogen) atoms. The van der Waals surface area contributed by atoms with Gasteiger partial charge in [0.15, 0.2) is 23.4 Å². The van der Waals surface area contributed by atoms with Gasteiger partial charge in [-0.15, -0.1) is 11.7 Å². The molecule has 19 nitrogen and oxygen atoms in total. The first-order chi connectivity index (χ1) is 37.2. The first-order valence-electron chi connectivity index (χ1n) is 27.1. The number of likely N-dealkylation sites (tertiary alicyclic amines) is 1. The molecule has 1 saturated carbocycles. The Balaban J connectivity index is 0.668. The lowest BCUT2D eigenvalue weighted by molar-refractivity contribution is -0.180. The molecule has 414 valence electrons. The van der Waals surface area contributed by atoms with Crippen LogP contribution in [0.3, 0.4) is 0 Å². The third-order valence-corrected chi connectivity index (χ3v) is 15.4. The van der Waals surface area contributed by atoms with E-state index in [1.807, 2.05) is 65.1 Å². The van der Waals surface area contributed by atoms with E-state index < -0.39 is 29.1 Å². The summed E-state index contributed by atoms with van der Waals surface area (Å²) in [5.74, 6) is -0.0511. The Morgan fingerprint density at radius 3 is 2.42 bits per heavy atom. The van der Waals surface area contributed by atoms with Crippen LogP contribution in [0, 0.1) is 27.7 Å². The molecule has 0 radical (unpaired) electrons. The van der Waals surface area contributed by atoms with Crippen LogP contribution < -0.4 is 29.6 Å². The van der Waals surface area contributed by atoms with Gasteiger partial charge in [0.1, 0.15) is 17.2 Å². The minimum Gasteiger partial charge on any atom is -0.493 e. The second kappa shape index (κ2) is 26.1. The predicted molar refractivity (Wildman–Crippen MR) is 290 cm³/mol. The standard InChI is InChI=1S/C58H76N8O11/c1-7-23-65-24-20-57-52-38(2)14-17-51(53(52)77-54(57)50(67)18-19-58(57,71)42(65)6)76-56(70)48-16-15-44(32-39(48)3)60-36-45-37-66(64-63-45)25-29-73-31-30-72-28-22-59-21-10-8-9-11-26-74-46-33-43(55(68)69)34-47(35-46)75-27-12-13-49-40(4)61-62-41(49)5/h7,14-17,32-35,37,42,54,59-60,71H,1,8-13,18-31,36H2,2-6H3,(H,61,62)(H,68,69)/t42?,54-,57-,58?/m0/s1. The quantitative estimate of drug-likeness (QED) is 0.0130. The van der Waals surface area contributed by atoms with Crippen molar-refractivity contribution in [2.24, 2.45) is 0 Å². The Hall–Kier alpha value is -6.64. The number of carbonyl (C=O) groups is 3. The highest BCUT2D eigenvalue weighted by Crippen LogP contribution is 2.62. The number of esters is 1. The van der Waals surface area contributed by atoms with Gasteiger partial charge in [0, 0.05) is 48.6 Å². The van der Waals surface area contributed by atoms with Gasteiger partial charge in [-0.1, -0.05) is 30.2 Å². The fourth-order valence-corrected chi connectivity index (χ4v) is 11.3. The van der Waals surface area contributed by atoms with Gasteiger partial charge in [0.2, 0.25) is 0 Å². The molecule has 4 atom stereocenters. The van der Waals surface area contributed by atoms with Crippen molar-refractivity contribution in [3.05, 3.63) is 118 Å². The summed E-state index contributed by atoms with van der Waals surface area (Å²) in [5, 5.41) is 44.7. The fourth-order valence-electron chi connectivity index (χ4n) is 11.3. The van der Waals surface area contributed by atoms with Crippen molar-refractivity contribution in [2.45, 2.75) is 129 Å². The van der Waals surface area contributed by atoms with Gasteiger partial charge in [-0.05, 0) is 139 Å². The highest BCUT2D eigenvalue weighted by atomic mass is 16.6. The Morgan fingerprint density at radius 1 is 0.909 bits per heavy atom. The number of aliphatic hydroxyl groups is 1. The Morgan fingerprint density at radius 2 is 1.68 bits per heavy atom. The number of ether oxygens (including phenoxy) is 6. The number of aryl methyl sites for hydroxylation is 4. The van der Waals surface area contributed by atoms with Crippen LogP contribution in [0.2, 0.25) is 0 Å². The topological polar surface area (TPSA) is 234 Å². The maximum atomic E-state index is 13.8. The molecule has 19 heteroatoms. The first-order valence-corrected chi connectivity index (χ1v) is 27.1. The third kappa shape index (κ3) is 13.2. The molecule has 5 N–H and O–H groups in total. The second-order valence-electron chi connectivity index (χ2n) is 20.5. The molecule has 4 heterocycles. The van der Waals surface area contributed by atoms with Gasteiger partial charge in [-0.3, -0.25) is 14.8 Å². The molecule has 2 aromatic heterocycles. The van der Waals surface area contributed by atoms with Crippen LogP contribution in [-0.2, 0) is 39.2 Å². The minimum absolute atomic E-state index is 0.0479. The smallest absolute Gasteiger partial charge is 0.343 e. The predicted octanol–water partition coefficient (Wildman–Crippen LogP) is 7.41. The summed E-state index contributed by atoms with van der Waals surface area (Å²) in [6.45, 7) is 20.6. The second-order valence-corrected chi connectivity index (χ2v) is 20.5. The Bertz CT molecular complexity index is 2830. The van der Waals surface area contributed by atoms with Crippen molar-refractivity contribution in [1.82, 2.24) is 35.4 Å². The van der Waals surface area contributed by atoms with E-state index >= 15 is 0 Å². The zero-order valence-corrected chi connectivity index (χ0v) is 45.3. The molecule has 8 rings (SSSR count). The van der Waals surface area contributed by atoms with Crippen LogP contribution in [0.25, 0.3) is 0 Å². The lowest BCUT2D eigenvalue weighted by atomic mass is 9.52. The summed E-state index contributed by atoms with van der Waals surface area (Å²) in [6.07, 6.45) is 9.45. The number of fused-ring (bicyclic) bond motifs is 1. The molecular formula is C58H76N8O11. The number of carboxylic acids is 1. The van der Waals surface area contributed by atoms with Gasteiger partial charge in [0.25, 0.3) is 0 Å². The zero-order valence-electron chi connectivity index (χ0n) is 45.3. The SMILES string of the molecule is C=CCN1CC[C@]23c4c(C)ccc(OC(=O)c5ccc(NCc6cn(CCOCCOCCNCCCCCCOc7cc(OCCCc8c(C)n[nH]c8C)cc(C(=O)O)c7)nn6)cc5C)c4O[C@H]2C(=O)CCC3(O)C1C. The zero-order chi connectivity index (χ0) is 54.5. The molecule has 1 spiro atoms. The number of hydrogen-bond acceptors (Lipinski definition) is 16. The fraction of sp³-hybridized carbons (Fsp3) is 0.517. The number of H-pyrrole nitrogens is 1. The number of benzene rings is 3. The van der Waals surface area contributed by atoms with Crippen molar-refractivity contribution in [3.8, 4) is 23.0 Å². The number of ketones is 1. The number of unbranched alkanes of at least 4 members (excludes halogenated alkanes) is 3. The lowest BCUT2D eigenvalue weighted by Gasteiger charge is -2.59. The molecule has 1 aliphatic carbocycles. The molecule has 3 aromatic carbocycles. The van der Waals surface area contributed by atoms with Gasteiger partial charge in [0.05, 0.1) is 86.8 Å². The van der Waals surface area contributed by atoms with Gasteiger partial charge >= 0.3 is 11.9 Å². The molecular weight excluding hydrogens is 985 g/mol. The number of nitrogens with zero attached hydrogens (tertiary/aromatic N) is 5. The number of anilines is 1. The molecule has 5 aromatic rings. The van der Waals surface area contributed by atoms with E-state index in [1.165, 1.54) is 17.7 Å². The largest absolute Gasteiger partial charge is 0.493 e. The van der Waals surface area contributed by atoms with Crippen molar-refractivity contribution >= 4 is 23.4 Å². The van der Waals surface area contributed by atoms with Crippen molar-refractivity contribution in [2.75, 3.05) is 71.1 Å². The number of carbonyl (C=O) groups excluding carboxylic acids is 2. The number of piperidine rings is 1. The van der Waals surface area contributed by atoms with Crippen LogP contribution in [-0.4, -0.2) is 142 Å². The summed E-state index contributed by atoms with van der Waals surface area (Å²) in [7, 11) is 0. The maximum absolute atomic E-state index is 13.8. The summed E-state index contributed by atoms with van der Waals surface area (Å²) in [6, 6.07) is 13.6. The number of hydrogen-bond donors (Lipinski definition) is 5. The number of aromatic nitrogens is 5. The lowest BCUT2D eigenvalue weighted by Crippen LogP contribution is -2.73. The summed E-state index contributed by atoms with van der Waals surface area (Å²) in [4.78, 5) is 41.2. The minimum atomic E-state index is -1.23. The maximum Gasteiger partial charge on any atom is 0.343 e. The molecule has 2 aliphatic heterocycles. The molecule has 1 saturated heterocycles. The molecule has 0 bridgehead atoms. The normalized spacial score (nSPS) is 19.7. The third-order valence-electron chi connectivity index (χ3n) is 15.4. The van der Waals surface area contributed by atoms with Gasteiger partial charge in [-0.2, -0.15) is 5.10 Å².